The average Bonchev–Trinajstić information content (AvgIpc) is 3.65. The third-order valence-electron chi connectivity index (χ3n) is 7.38. The van der Waals surface area contributed by atoms with Crippen LogP contribution in [0.4, 0.5) is 14.6 Å². The molecule has 204 valence electrons. The van der Waals surface area contributed by atoms with E-state index in [2.05, 4.69) is 19.9 Å². The van der Waals surface area contributed by atoms with E-state index in [-0.39, 0.29) is 0 Å². The van der Waals surface area contributed by atoms with E-state index in [0.29, 0.717) is 72.6 Å². The lowest BCUT2D eigenvalue weighted by molar-refractivity contribution is -0.0516. The molecule has 1 aliphatic carbocycles. The molecule has 2 N–H and O–H groups in total. The molecule has 2 fully saturated rings. The maximum atomic E-state index is 14.2. The van der Waals surface area contributed by atoms with E-state index in [0.717, 1.165) is 24.5 Å². The van der Waals surface area contributed by atoms with Gasteiger partial charge in [0.25, 0.3) is 0 Å². The molecule has 9 nitrogen and oxygen atoms in total. The van der Waals surface area contributed by atoms with Gasteiger partial charge in [-0.15, -0.1) is 0 Å². The maximum absolute atomic E-state index is 14.2. The summed E-state index contributed by atoms with van der Waals surface area (Å²) >= 11 is 0. The molecule has 6 rings (SSSR count). The molecular weight excluding hydrogens is 504 g/mol. The fourth-order valence-electron chi connectivity index (χ4n) is 4.90. The van der Waals surface area contributed by atoms with Crippen molar-refractivity contribution < 1.29 is 19.0 Å². The van der Waals surface area contributed by atoms with Crippen molar-refractivity contribution in [2.24, 2.45) is 0 Å². The highest BCUT2D eigenvalue weighted by Crippen LogP contribution is 2.37. The summed E-state index contributed by atoms with van der Waals surface area (Å²) in [5, 5.41) is 25.4. The number of piperazine rings is 1. The summed E-state index contributed by atoms with van der Waals surface area (Å²) < 4.78 is 29.5. The van der Waals surface area contributed by atoms with Crippen molar-refractivity contribution >= 4 is 16.9 Å². The van der Waals surface area contributed by atoms with Crippen molar-refractivity contribution in [1.82, 2.24) is 29.6 Å². The summed E-state index contributed by atoms with van der Waals surface area (Å²) in [7, 11) is 0. The van der Waals surface area contributed by atoms with Gasteiger partial charge >= 0.3 is 0 Å². The van der Waals surface area contributed by atoms with Gasteiger partial charge in [-0.05, 0) is 38.8 Å². The number of anilines is 1. The summed E-state index contributed by atoms with van der Waals surface area (Å²) in [6.07, 6.45) is 6.43. The number of pyridine rings is 1. The quantitative estimate of drug-likeness (QED) is 0.370. The highest BCUT2D eigenvalue weighted by atomic mass is 19.1. The summed E-state index contributed by atoms with van der Waals surface area (Å²) in [5.41, 5.74) is 2.11. The monoisotopic (exact) mass is 535 g/mol. The highest BCUT2D eigenvalue weighted by molar-refractivity contribution is 5.83. The normalized spacial score (nSPS) is 17.6. The van der Waals surface area contributed by atoms with Gasteiger partial charge in [0.2, 0.25) is 0 Å². The third-order valence-corrected chi connectivity index (χ3v) is 7.38. The Balaban J connectivity index is 1.31. The number of aliphatic hydroxyl groups excluding tert-OH is 1. The number of aliphatic hydroxyl groups is 2. The molecular formula is C28H31F2N7O2. The zero-order valence-corrected chi connectivity index (χ0v) is 21.9. The first kappa shape index (κ1) is 25.7. The van der Waals surface area contributed by atoms with Crippen LogP contribution < -0.4 is 4.90 Å². The number of halogens is 2. The average molecular weight is 536 g/mol. The molecule has 1 aliphatic heterocycles. The molecule has 2 aliphatic rings. The van der Waals surface area contributed by atoms with E-state index >= 15 is 0 Å². The number of aromatic nitrogens is 5. The second-order valence-corrected chi connectivity index (χ2v) is 11.0. The predicted octanol–water partition coefficient (Wildman–Crippen LogP) is 3.63. The molecule has 0 spiro atoms. The summed E-state index contributed by atoms with van der Waals surface area (Å²) in [6.45, 7) is 6.05. The fraction of sp³-hybridized carbons (Fsp3) is 0.429. The number of hydrogen-bond donors (Lipinski definition) is 2. The minimum absolute atomic E-state index is 0.315. The molecule has 0 bridgehead atoms. The minimum atomic E-state index is -1.37. The number of hydrogen-bond acceptors (Lipinski definition) is 8. The maximum Gasteiger partial charge on any atom is 0.156 e. The van der Waals surface area contributed by atoms with Crippen molar-refractivity contribution in [2.45, 2.75) is 51.0 Å². The van der Waals surface area contributed by atoms with Crippen LogP contribution in [0.2, 0.25) is 0 Å². The molecule has 11 heteroatoms. The molecule has 39 heavy (non-hydrogen) atoms. The number of rotatable bonds is 7. The van der Waals surface area contributed by atoms with Gasteiger partial charge in [-0.3, -0.25) is 14.6 Å². The van der Waals surface area contributed by atoms with Crippen molar-refractivity contribution in [3.63, 3.8) is 0 Å². The van der Waals surface area contributed by atoms with Crippen LogP contribution in [0.5, 0.6) is 0 Å². The van der Waals surface area contributed by atoms with E-state index in [1.807, 2.05) is 17.1 Å². The second kappa shape index (κ2) is 9.89. The van der Waals surface area contributed by atoms with Gasteiger partial charge in [-0.25, -0.2) is 18.7 Å². The predicted molar refractivity (Wildman–Crippen MR) is 142 cm³/mol. The molecule has 0 amide bonds. The number of benzene rings is 1. The first-order valence-electron chi connectivity index (χ1n) is 13.2. The van der Waals surface area contributed by atoms with E-state index < -0.39 is 23.3 Å². The Morgan fingerprint density at radius 1 is 1.03 bits per heavy atom. The lowest BCUT2D eigenvalue weighted by Crippen LogP contribution is -2.46. The fourth-order valence-corrected chi connectivity index (χ4v) is 4.90. The smallest absolute Gasteiger partial charge is 0.156 e. The van der Waals surface area contributed by atoms with Gasteiger partial charge in [0.15, 0.2) is 5.82 Å². The molecule has 1 aromatic carbocycles. The van der Waals surface area contributed by atoms with Gasteiger partial charge in [-0.2, -0.15) is 5.10 Å². The minimum Gasteiger partial charge on any atom is -0.387 e. The van der Waals surface area contributed by atoms with Gasteiger partial charge in [-0.1, -0.05) is 6.07 Å². The highest BCUT2D eigenvalue weighted by Gasteiger charge is 2.29. The Labute approximate surface area is 224 Å². The lowest BCUT2D eigenvalue weighted by Gasteiger charge is -2.36. The lowest BCUT2D eigenvalue weighted by atomic mass is 9.98. The zero-order valence-electron chi connectivity index (χ0n) is 21.9. The van der Waals surface area contributed by atoms with Gasteiger partial charge in [0.05, 0.1) is 35.2 Å². The van der Waals surface area contributed by atoms with Crippen LogP contribution in [-0.2, 0) is 6.54 Å². The first-order chi connectivity index (χ1) is 18.7. The standard InChI is InChI=1S/C28H31F2N7O2/c1-28(2,39)26(38)23-12-22-24(14-31-23)33-25(18-13-32-37(16-18)20-5-6-20)27(34-22)36-9-7-35(8-10-36)15-17-3-4-19(29)11-21(17)30/h3-4,11-14,16,20,26,38-39H,5-10,15H2,1-2H3/t26-/m1/s1. The Hall–Kier alpha value is -3.54. The van der Waals surface area contributed by atoms with Crippen LogP contribution in [-0.4, -0.2) is 71.6 Å². The third kappa shape index (κ3) is 5.34. The molecule has 0 radical (unpaired) electrons. The van der Waals surface area contributed by atoms with E-state index in [4.69, 9.17) is 9.97 Å². The second-order valence-electron chi connectivity index (χ2n) is 11.0. The van der Waals surface area contributed by atoms with Gasteiger partial charge in [0.1, 0.15) is 28.9 Å². The Bertz CT molecular complexity index is 1510. The first-order valence-corrected chi connectivity index (χ1v) is 13.2. The molecule has 1 saturated heterocycles. The Morgan fingerprint density at radius 2 is 1.79 bits per heavy atom. The van der Waals surface area contributed by atoms with Crippen LogP contribution in [0, 0.1) is 11.6 Å². The summed E-state index contributed by atoms with van der Waals surface area (Å²) in [4.78, 5) is 18.5. The SMILES string of the molecule is CC(C)(O)[C@H](O)c1cc2nc(N3CCN(Cc4ccc(F)cc4F)CC3)c(-c3cnn(C4CC4)c3)nc2cn1. The summed E-state index contributed by atoms with van der Waals surface area (Å²) in [5.74, 6) is -0.423. The largest absolute Gasteiger partial charge is 0.387 e. The Morgan fingerprint density at radius 3 is 2.49 bits per heavy atom. The zero-order chi connectivity index (χ0) is 27.3. The van der Waals surface area contributed by atoms with Crippen LogP contribution in [0.3, 0.4) is 0 Å². The topological polar surface area (TPSA) is 103 Å². The Kier molecular flexibility index (Phi) is 6.52. The van der Waals surface area contributed by atoms with Crippen LogP contribution >= 0.6 is 0 Å². The molecule has 4 heterocycles. The van der Waals surface area contributed by atoms with Crippen molar-refractivity contribution in [3.05, 3.63) is 65.7 Å². The van der Waals surface area contributed by atoms with Crippen molar-refractivity contribution in [2.75, 3.05) is 31.1 Å². The van der Waals surface area contributed by atoms with Crippen LogP contribution in [0.25, 0.3) is 22.3 Å². The number of nitrogens with zero attached hydrogens (tertiary/aromatic N) is 7. The van der Waals surface area contributed by atoms with Crippen LogP contribution in [0.15, 0.2) is 42.9 Å². The van der Waals surface area contributed by atoms with E-state index in [9.17, 15) is 19.0 Å². The van der Waals surface area contributed by atoms with Gasteiger partial charge < -0.3 is 15.1 Å². The molecule has 1 saturated carbocycles. The summed E-state index contributed by atoms with van der Waals surface area (Å²) in [6, 6.07) is 5.79. The van der Waals surface area contributed by atoms with Gasteiger partial charge in [0, 0.05) is 56.1 Å². The molecule has 1 atom stereocenters. The van der Waals surface area contributed by atoms with Crippen LogP contribution in [0.1, 0.15) is 50.1 Å². The molecule has 4 aromatic rings. The van der Waals surface area contributed by atoms with E-state index in [1.165, 1.54) is 26.0 Å². The van der Waals surface area contributed by atoms with Crippen molar-refractivity contribution in [3.8, 4) is 11.3 Å². The number of fused-ring (bicyclic) bond motifs is 1. The van der Waals surface area contributed by atoms with E-state index in [1.54, 1.807) is 12.3 Å². The van der Waals surface area contributed by atoms with Crippen molar-refractivity contribution in [1.29, 1.82) is 0 Å². The molecule has 0 unspecified atom stereocenters. The molecule has 3 aromatic heterocycles.